The minimum atomic E-state index is 0.544. The molecule has 0 nitrogen and oxygen atoms in total. The Balaban J connectivity index is 2.26. The van der Waals surface area contributed by atoms with Crippen LogP contribution in [0.1, 0.15) is 13.8 Å². The Kier molecular flexibility index (Phi) is 1.72. The molecule has 1 unspecified atom stereocenters. The van der Waals surface area contributed by atoms with Crippen LogP contribution >= 0.6 is 0 Å². The van der Waals surface area contributed by atoms with Gasteiger partial charge in [-0.05, 0) is 36.1 Å². The third-order valence-corrected chi connectivity index (χ3v) is 3.60. The van der Waals surface area contributed by atoms with Gasteiger partial charge in [0.2, 0.25) is 0 Å². The topological polar surface area (TPSA) is 0 Å². The van der Waals surface area contributed by atoms with Crippen molar-refractivity contribution in [3.63, 3.8) is 0 Å². The van der Waals surface area contributed by atoms with Crippen LogP contribution in [0.2, 0.25) is 0 Å². The average Bonchev–Trinajstić information content (AvgIpc) is 2.67. The summed E-state index contributed by atoms with van der Waals surface area (Å²) in [7, 11) is 0. The van der Waals surface area contributed by atoms with Gasteiger partial charge in [-0.2, -0.15) is 0 Å². The van der Waals surface area contributed by atoms with Crippen molar-refractivity contribution in [1.82, 2.24) is 0 Å². The lowest BCUT2D eigenvalue weighted by atomic mass is 9.96. The van der Waals surface area contributed by atoms with E-state index in [2.05, 4.69) is 56.4 Å². The lowest BCUT2D eigenvalue weighted by Crippen LogP contribution is -1.94. The molecule has 3 aliphatic rings. The Bertz CT molecular complexity index is 502. The van der Waals surface area contributed by atoms with Crippen LogP contribution < -0.4 is 0 Å². The van der Waals surface area contributed by atoms with E-state index in [1.165, 1.54) is 27.9 Å². The number of hydrogen-bond acceptors (Lipinski definition) is 0. The van der Waals surface area contributed by atoms with E-state index in [0.29, 0.717) is 5.92 Å². The summed E-state index contributed by atoms with van der Waals surface area (Å²) in [6, 6.07) is 0. The summed E-state index contributed by atoms with van der Waals surface area (Å²) in [5, 5.41) is 0. The molecule has 0 amide bonds. The molecule has 15 heavy (non-hydrogen) atoms. The highest BCUT2D eigenvalue weighted by Crippen LogP contribution is 2.46. The average molecular weight is 194 g/mol. The van der Waals surface area contributed by atoms with E-state index in [-0.39, 0.29) is 0 Å². The fraction of sp³-hybridized carbons (Fsp3) is 0.200. The molecule has 3 aliphatic carbocycles. The number of hydrogen-bond donors (Lipinski definition) is 0. The van der Waals surface area contributed by atoms with Gasteiger partial charge in [0.25, 0.3) is 0 Å². The smallest absolute Gasteiger partial charge is 0.0246 e. The van der Waals surface area contributed by atoms with Crippen molar-refractivity contribution < 1.29 is 0 Å². The van der Waals surface area contributed by atoms with Crippen LogP contribution in [0, 0.1) is 5.92 Å². The maximum atomic E-state index is 2.32. The summed E-state index contributed by atoms with van der Waals surface area (Å²) >= 11 is 0. The first-order chi connectivity index (χ1) is 7.29. The predicted molar refractivity (Wildman–Crippen MR) is 64.4 cm³/mol. The lowest BCUT2D eigenvalue weighted by Gasteiger charge is -2.08. The van der Waals surface area contributed by atoms with Crippen molar-refractivity contribution in [3.05, 3.63) is 70.4 Å². The van der Waals surface area contributed by atoms with Crippen LogP contribution in [0.15, 0.2) is 70.4 Å². The van der Waals surface area contributed by atoms with Crippen LogP contribution in [0.25, 0.3) is 0 Å². The molecular formula is C15H14. The molecule has 0 N–H and O–H groups in total. The van der Waals surface area contributed by atoms with Gasteiger partial charge >= 0.3 is 0 Å². The van der Waals surface area contributed by atoms with Gasteiger partial charge in [0.05, 0.1) is 0 Å². The van der Waals surface area contributed by atoms with E-state index < -0.39 is 0 Å². The zero-order valence-electron chi connectivity index (χ0n) is 9.12. The third kappa shape index (κ3) is 1.08. The number of allylic oxidation sites excluding steroid dienone is 12. The maximum absolute atomic E-state index is 2.32. The van der Waals surface area contributed by atoms with Crippen molar-refractivity contribution in [2.24, 2.45) is 5.92 Å². The van der Waals surface area contributed by atoms with Gasteiger partial charge in [0.1, 0.15) is 0 Å². The second-order valence-corrected chi connectivity index (χ2v) is 4.34. The quantitative estimate of drug-likeness (QED) is 0.549. The van der Waals surface area contributed by atoms with Crippen LogP contribution in [-0.4, -0.2) is 0 Å². The van der Waals surface area contributed by atoms with Crippen LogP contribution in [0.4, 0.5) is 0 Å². The molecule has 74 valence electrons. The monoisotopic (exact) mass is 194 g/mol. The molecule has 0 aromatic carbocycles. The fourth-order valence-electron chi connectivity index (χ4n) is 2.63. The zero-order valence-corrected chi connectivity index (χ0v) is 9.12. The second kappa shape index (κ2) is 2.96. The van der Waals surface area contributed by atoms with Crippen molar-refractivity contribution in [2.75, 3.05) is 0 Å². The highest BCUT2D eigenvalue weighted by atomic mass is 14.3. The molecule has 0 fully saturated rings. The van der Waals surface area contributed by atoms with Gasteiger partial charge in [-0.15, -0.1) is 0 Å². The van der Waals surface area contributed by atoms with Gasteiger partial charge in [-0.1, -0.05) is 48.1 Å². The van der Waals surface area contributed by atoms with Crippen molar-refractivity contribution in [3.8, 4) is 0 Å². The predicted octanol–water partition coefficient (Wildman–Crippen LogP) is 3.87. The van der Waals surface area contributed by atoms with Crippen molar-refractivity contribution >= 4 is 0 Å². The molecular weight excluding hydrogens is 180 g/mol. The Morgan fingerprint density at radius 2 is 1.87 bits per heavy atom. The molecule has 0 aromatic heterocycles. The molecule has 0 saturated heterocycles. The SMILES string of the molecule is CC1=C(C)C2C=CC3=CC=CC=CC1=C32. The Labute approximate surface area is 90.7 Å². The normalized spacial score (nSPS) is 27.1. The molecule has 0 spiro atoms. The molecule has 0 saturated carbocycles. The fourth-order valence-corrected chi connectivity index (χ4v) is 2.63. The van der Waals surface area contributed by atoms with Gasteiger partial charge in [-0.3, -0.25) is 0 Å². The van der Waals surface area contributed by atoms with Crippen LogP contribution in [-0.2, 0) is 0 Å². The van der Waals surface area contributed by atoms with E-state index in [4.69, 9.17) is 0 Å². The summed E-state index contributed by atoms with van der Waals surface area (Å²) in [5.41, 5.74) is 7.28. The van der Waals surface area contributed by atoms with Gasteiger partial charge in [0, 0.05) is 5.92 Å². The molecule has 0 radical (unpaired) electrons. The molecule has 1 atom stereocenters. The molecule has 0 aromatic rings. The summed E-state index contributed by atoms with van der Waals surface area (Å²) < 4.78 is 0. The van der Waals surface area contributed by atoms with Crippen LogP contribution in [0.5, 0.6) is 0 Å². The Morgan fingerprint density at radius 1 is 1.00 bits per heavy atom. The first-order valence-electron chi connectivity index (χ1n) is 5.44. The van der Waals surface area contributed by atoms with Crippen molar-refractivity contribution in [1.29, 1.82) is 0 Å². The second-order valence-electron chi connectivity index (χ2n) is 4.34. The first-order valence-corrected chi connectivity index (χ1v) is 5.44. The standard InChI is InChI=1S/C15H14/c1-10-11(2)14-9-8-12-6-4-3-5-7-13(10)15(12)14/h3-9,14H,1-2H3. The molecule has 0 bridgehead atoms. The molecule has 3 rings (SSSR count). The van der Waals surface area contributed by atoms with Gasteiger partial charge < -0.3 is 0 Å². The minimum Gasteiger partial charge on any atom is -0.0723 e. The van der Waals surface area contributed by atoms with E-state index in [0.717, 1.165) is 0 Å². The van der Waals surface area contributed by atoms with Crippen LogP contribution in [0.3, 0.4) is 0 Å². The minimum absolute atomic E-state index is 0.544. The molecule has 0 aliphatic heterocycles. The maximum Gasteiger partial charge on any atom is 0.0246 e. The van der Waals surface area contributed by atoms with Gasteiger partial charge in [-0.25, -0.2) is 0 Å². The molecule has 0 heteroatoms. The molecule has 0 heterocycles. The van der Waals surface area contributed by atoms with Gasteiger partial charge in [0.15, 0.2) is 0 Å². The Hall–Kier alpha value is -1.56. The summed E-state index contributed by atoms with van der Waals surface area (Å²) in [6.45, 7) is 4.48. The largest absolute Gasteiger partial charge is 0.0723 e. The summed E-state index contributed by atoms with van der Waals surface area (Å²) in [6.07, 6.45) is 15.4. The highest BCUT2D eigenvalue weighted by Gasteiger charge is 2.31. The van der Waals surface area contributed by atoms with E-state index >= 15 is 0 Å². The van der Waals surface area contributed by atoms with E-state index in [1.54, 1.807) is 0 Å². The van der Waals surface area contributed by atoms with E-state index in [9.17, 15) is 0 Å². The third-order valence-electron chi connectivity index (χ3n) is 3.60. The van der Waals surface area contributed by atoms with Crippen molar-refractivity contribution in [2.45, 2.75) is 13.8 Å². The zero-order chi connectivity index (χ0) is 10.4. The summed E-state index contributed by atoms with van der Waals surface area (Å²) in [4.78, 5) is 0. The highest BCUT2D eigenvalue weighted by molar-refractivity contribution is 5.68. The number of rotatable bonds is 0. The lowest BCUT2D eigenvalue weighted by molar-refractivity contribution is 0.956. The Morgan fingerprint density at radius 3 is 2.73 bits per heavy atom. The van der Waals surface area contributed by atoms with E-state index in [1.807, 2.05) is 0 Å². The first kappa shape index (κ1) is 8.72. The summed E-state index contributed by atoms with van der Waals surface area (Å²) in [5.74, 6) is 0.544.